The molecule has 0 spiro atoms. The molecule has 0 unspecified atom stereocenters. The standard InChI is InChI=1S/C18H14ClFN4O/c19-13-3-1-12(2-4-13)9-23-18(25)16-10-22-17(11-21-16)24-15-7-5-14(20)6-8-15/h1-8,10-11H,9H2,(H,22,24)(H,23,25). The van der Waals surface area contributed by atoms with Gasteiger partial charge in [0, 0.05) is 17.3 Å². The number of benzene rings is 2. The van der Waals surface area contributed by atoms with E-state index in [0.717, 1.165) is 5.56 Å². The van der Waals surface area contributed by atoms with Crippen molar-refractivity contribution >= 4 is 29.0 Å². The zero-order chi connectivity index (χ0) is 17.6. The molecule has 0 aliphatic carbocycles. The Kier molecular flexibility index (Phi) is 5.20. The van der Waals surface area contributed by atoms with Crippen molar-refractivity contribution in [2.24, 2.45) is 0 Å². The van der Waals surface area contributed by atoms with Crippen LogP contribution in [0.3, 0.4) is 0 Å². The third kappa shape index (κ3) is 4.74. The van der Waals surface area contributed by atoms with E-state index in [2.05, 4.69) is 20.6 Å². The maximum atomic E-state index is 12.9. The topological polar surface area (TPSA) is 66.9 Å². The van der Waals surface area contributed by atoms with Crippen molar-refractivity contribution in [1.29, 1.82) is 0 Å². The molecule has 5 nitrogen and oxygen atoms in total. The number of aromatic nitrogens is 2. The molecule has 1 heterocycles. The fraction of sp³-hybridized carbons (Fsp3) is 0.0556. The van der Waals surface area contributed by atoms with Crippen LogP contribution >= 0.6 is 11.6 Å². The Morgan fingerprint density at radius 1 is 1.00 bits per heavy atom. The first kappa shape index (κ1) is 16.9. The number of hydrogen-bond donors (Lipinski definition) is 2. The number of amides is 1. The van der Waals surface area contributed by atoms with E-state index < -0.39 is 0 Å². The van der Waals surface area contributed by atoms with Gasteiger partial charge in [0.15, 0.2) is 0 Å². The van der Waals surface area contributed by atoms with E-state index in [9.17, 15) is 9.18 Å². The second-order valence-corrected chi connectivity index (χ2v) is 5.66. The fourth-order valence-electron chi connectivity index (χ4n) is 2.07. The maximum absolute atomic E-state index is 12.9. The number of nitrogens with one attached hydrogen (secondary N) is 2. The summed E-state index contributed by atoms with van der Waals surface area (Å²) in [6, 6.07) is 13.1. The lowest BCUT2D eigenvalue weighted by atomic mass is 10.2. The van der Waals surface area contributed by atoms with Crippen LogP contribution in [0.25, 0.3) is 0 Å². The molecule has 1 aromatic heterocycles. The molecule has 3 aromatic rings. The highest BCUT2D eigenvalue weighted by Gasteiger charge is 2.08. The van der Waals surface area contributed by atoms with Gasteiger partial charge in [0.2, 0.25) is 0 Å². The van der Waals surface area contributed by atoms with E-state index in [4.69, 9.17) is 11.6 Å². The number of carbonyl (C=O) groups is 1. The third-order valence-corrected chi connectivity index (χ3v) is 3.62. The van der Waals surface area contributed by atoms with Crippen LogP contribution in [0.4, 0.5) is 15.9 Å². The summed E-state index contributed by atoms with van der Waals surface area (Å²) in [5, 5.41) is 6.38. The van der Waals surface area contributed by atoms with Crippen LogP contribution in [-0.4, -0.2) is 15.9 Å². The summed E-state index contributed by atoms with van der Waals surface area (Å²) in [4.78, 5) is 20.3. The summed E-state index contributed by atoms with van der Waals surface area (Å²) in [5.41, 5.74) is 1.81. The SMILES string of the molecule is O=C(NCc1ccc(Cl)cc1)c1cnc(Nc2ccc(F)cc2)cn1. The predicted molar refractivity (Wildman–Crippen MR) is 94.3 cm³/mol. The second kappa shape index (κ2) is 7.72. The zero-order valence-electron chi connectivity index (χ0n) is 13.0. The van der Waals surface area contributed by atoms with Crippen molar-refractivity contribution in [3.8, 4) is 0 Å². The van der Waals surface area contributed by atoms with E-state index in [0.29, 0.717) is 23.1 Å². The Labute approximate surface area is 148 Å². The molecular formula is C18H14ClFN4O. The molecule has 0 fully saturated rings. The van der Waals surface area contributed by atoms with Gasteiger partial charge in [0.25, 0.3) is 5.91 Å². The summed E-state index contributed by atoms with van der Waals surface area (Å²) < 4.78 is 12.9. The lowest BCUT2D eigenvalue weighted by molar-refractivity contribution is 0.0945. The minimum absolute atomic E-state index is 0.207. The van der Waals surface area contributed by atoms with Gasteiger partial charge in [0.05, 0.1) is 12.4 Å². The minimum Gasteiger partial charge on any atom is -0.347 e. The lowest BCUT2D eigenvalue weighted by Crippen LogP contribution is -2.24. The Morgan fingerprint density at radius 2 is 1.72 bits per heavy atom. The molecule has 0 aliphatic heterocycles. The van der Waals surface area contributed by atoms with Crippen LogP contribution in [0.1, 0.15) is 16.1 Å². The van der Waals surface area contributed by atoms with Gasteiger partial charge < -0.3 is 10.6 Å². The van der Waals surface area contributed by atoms with Crippen LogP contribution in [-0.2, 0) is 6.54 Å². The third-order valence-electron chi connectivity index (χ3n) is 3.37. The minimum atomic E-state index is -0.323. The summed E-state index contributed by atoms with van der Waals surface area (Å²) in [7, 11) is 0. The van der Waals surface area contributed by atoms with Crippen molar-refractivity contribution in [3.05, 3.63) is 83.0 Å². The molecule has 3 rings (SSSR count). The molecule has 0 saturated heterocycles. The van der Waals surface area contributed by atoms with Crippen LogP contribution in [0, 0.1) is 5.82 Å². The van der Waals surface area contributed by atoms with Crippen LogP contribution in [0.2, 0.25) is 5.02 Å². The smallest absolute Gasteiger partial charge is 0.271 e. The van der Waals surface area contributed by atoms with Crippen molar-refractivity contribution in [2.75, 3.05) is 5.32 Å². The number of halogens is 2. The first-order chi connectivity index (χ1) is 12.1. The average Bonchev–Trinajstić information content (AvgIpc) is 2.63. The van der Waals surface area contributed by atoms with Gasteiger partial charge in [-0.2, -0.15) is 0 Å². The van der Waals surface area contributed by atoms with Gasteiger partial charge in [-0.3, -0.25) is 4.79 Å². The summed E-state index contributed by atoms with van der Waals surface area (Å²) >= 11 is 5.82. The second-order valence-electron chi connectivity index (χ2n) is 5.23. The number of anilines is 2. The molecule has 126 valence electrons. The highest BCUT2D eigenvalue weighted by Crippen LogP contribution is 2.14. The highest BCUT2D eigenvalue weighted by molar-refractivity contribution is 6.30. The molecule has 0 saturated carbocycles. The molecule has 7 heteroatoms. The molecule has 0 atom stereocenters. The molecule has 0 aliphatic rings. The van der Waals surface area contributed by atoms with Gasteiger partial charge >= 0.3 is 0 Å². The molecule has 2 N–H and O–H groups in total. The summed E-state index contributed by atoms with van der Waals surface area (Å²) in [5.74, 6) is -0.180. The lowest BCUT2D eigenvalue weighted by Gasteiger charge is -2.07. The first-order valence-electron chi connectivity index (χ1n) is 7.47. The van der Waals surface area contributed by atoms with E-state index in [1.807, 2.05) is 12.1 Å². The number of nitrogens with zero attached hydrogens (tertiary/aromatic N) is 2. The molecule has 1 amide bonds. The quantitative estimate of drug-likeness (QED) is 0.726. The van der Waals surface area contributed by atoms with Crippen molar-refractivity contribution in [1.82, 2.24) is 15.3 Å². The normalized spacial score (nSPS) is 10.3. The predicted octanol–water partition coefficient (Wildman–Crippen LogP) is 3.94. The van der Waals surface area contributed by atoms with Crippen molar-refractivity contribution < 1.29 is 9.18 Å². The highest BCUT2D eigenvalue weighted by atomic mass is 35.5. The Hall–Kier alpha value is -2.99. The van der Waals surface area contributed by atoms with Gasteiger partial charge in [0.1, 0.15) is 17.3 Å². The van der Waals surface area contributed by atoms with Crippen molar-refractivity contribution in [3.63, 3.8) is 0 Å². The fourth-order valence-corrected chi connectivity index (χ4v) is 2.19. The zero-order valence-corrected chi connectivity index (χ0v) is 13.8. The van der Waals surface area contributed by atoms with Gasteiger partial charge in [-0.15, -0.1) is 0 Å². The molecule has 2 aromatic carbocycles. The summed E-state index contributed by atoms with van der Waals surface area (Å²) in [6.07, 6.45) is 2.82. The van der Waals surface area contributed by atoms with Crippen LogP contribution in [0.15, 0.2) is 60.9 Å². The monoisotopic (exact) mass is 356 g/mol. The van der Waals surface area contributed by atoms with Gasteiger partial charge in [-0.25, -0.2) is 14.4 Å². The Bertz CT molecular complexity index is 852. The van der Waals surface area contributed by atoms with Gasteiger partial charge in [-0.1, -0.05) is 23.7 Å². The van der Waals surface area contributed by atoms with Crippen LogP contribution in [0.5, 0.6) is 0 Å². The van der Waals surface area contributed by atoms with Crippen LogP contribution < -0.4 is 10.6 Å². The average molecular weight is 357 g/mol. The van der Waals surface area contributed by atoms with E-state index in [-0.39, 0.29) is 17.4 Å². The molecule has 0 bridgehead atoms. The maximum Gasteiger partial charge on any atom is 0.271 e. The Balaban J connectivity index is 1.58. The van der Waals surface area contributed by atoms with E-state index in [1.54, 1.807) is 24.3 Å². The van der Waals surface area contributed by atoms with Gasteiger partial charge in [-0.05, 0) is 42.0 Å². The molecule has 0 radical (unpaired) electrons. The van der Waals surface area contributed by atoms with E-state index >= 15 is 0 Å². The number of hydrogen-bond acceptors (Lipinski definition) is 4. The van der Waals surface area contributed by atoms with E-state index in [1.165, 1.54) is 24.5 Å². The number of rotatable bonds is 5. The summed E-state index contributed by atoms with van der Waals surface area (Å²) in [6.45, 7) is 0.368. The Morgan fingerprint density at radius 3 is 2.36 bits per heavy atom. The molecular weight excluding hydrogens is 343 g/mol. The molecule has 25 heavy (non-hydrogen) atoms. The van der Waals surface area contributed by atoms with Crippen molar-refractivity contribution in [2.45, 2.75) is 6.54 Å². The largest absolute Gasteiger partial charge is 0.347 e. The first-order valence-corrected chi connectivity index (χ1v) is 7.85. The number of carbonyl (C=O) groups excluding carboxylic acids is 1.